The van der Waals surface area contributed by atoms with Gasteiger partial charge in [0.05, 0.1) is 12.8 Å². The van der Waals surface area contributed by atoms with Crippen LogP contribution in [0.25, 0.3) is 0 Å². The van der Waals surface area contributed by atoms with E-state index < -0.39 is 15.8 Å². The molecule has 0 aromatic heterocycles. The highest BCUT2D eigenvalue weighted by Crippen LogP contribution is 2.28. The van der Waals surface area contributed by atoms with Crippen LogP contribution in [0.3, 0.4) is 0 Å². The Bertz CT molecular complexity index is 734. The lowest BCUT2D eigenvalue weighted by Gasteiger charge is -2.12. The highest BCUT2D eigenvalue weighted by atomic mass is 79.9. The molecule has 7 heteroatoms. The van der Waals surface area contributed by atoms with Gasteiger partial charge in [0.1, 0.15) is 16.5 Å². The molecule has 0 aliphatic heterocycles. The monoisotopic (exact) mass is 359 g/mol. The third-order valence-corrected chi connectivity index (χ3v) is 4.39. The molecule has 0 aliphatic carbocycles. The molecule has 0 amide bonds. The van der Waals surface area contributed by atoms with Crippen LogP contribution in [-0.4, -0.2) is 15.5 Å². The van der Waals surface area contributed by atoms with Crippen molar-refractivity contribution in [1.82, 2.24) is 0 Å². The Balaban J connectivity index is 2.43. The topological polar surface area (TPSA) is 55.4 Å². The second-order valence-electron chi connectivity index (χ2n) is 3.91. The fourth-order valence-corrected chi connectivity index (χ4v) is 3.38. The van der Waals surface area contributed by atoms with Crippen LogP contribution in [0.1, 0.15) is 0 Å². The maximum absolute atomic E-state index is 13.1. The van der Waals surface area contributed by atoms with Crippen molar-refractivity contribution < 1.29 is 17.5 Å². The first-order valence-corrected chi connectivity index (χ1v) is 7.82. The van der Waals surface area contributed by atoms with Gasteiger partial charge in [0.2, 0.25) is 0 Å². The molecule has 0 unspecified atom stereocenters. The molecule has 4 nitrogen and oxygen atoms in total. The largest absolute Gasteiger partial charge is 0.495 e. The lowest BCUT2D eigenvalue weighted by Crippen LogP contribution is -2.14. The fourth-order valence-electron chi connectivity index (χ4n) is 1.62. The standard InChI is InChI=1S/C13H11BrFNO3S/c1-19-12-6-5-9(14)7-13(12)20(17,18)16-11-4-2-3-10(15)8-11/h2-8,16H,1H3. The number of ether oxygens (including phenoxy) is 1. The summed E-state index contributed by atoms with van der Waals surface area (Å²) >= 11 is 3.21. The number of benzene rings is 2. The molecule has 0 fully saturated rings. The third kappa shape index (κ3) is 3.29. The highest BCUT2D eigenvalue weighted by Gasteiger charge is 2.20. The molecular weight excluding hydrogens is 349 g/mol. The molecule has 0 bridgehead atoms. The Kier molecular flexibility index (Phi) is 4.29. The zero-order valence-electron chi connectivity index (χ0n) is 10.4. The number of methoxy groups -OCH3 is 1. The summed E-state index contributed by atoms with van der Waals surface area (Å²) in [5, 5.41) is 0. The van der Waals surface area contributed by atoms with Crippen LogP contribution in [-0.2, 0) is 10.0 Å². The van der Waals surface area contributed by atoms with Gasteiger partial charge in [0, 0.05) is 4.47 Å². The Morgan fingerprint density at radius 1 is 1.20 bits per heavy atom. The quantitative estimate of drug-likeness (QED) is 0.909. The SMILES string of the molecule is COc1ccc(Br)cc1S(=O)(=O)Nc1cccc(F)c1. The first-order chi connectivity index (χ1) is 9.42. The molecule has 0 aliphatic rings. The van der Waals surface area contributed by atoms with Crippen molar-refractivity contribution in [1.29, 1.82) is 0 Å². The van der Waals surface area contributed by atoms with Gasteiger partial charge in [-0.2, -0.15) is 0 Å². The third-order valence-electron chi connectivity index (χ3n) is 2.49. The molecule has 1 N–H and O–H groups in total. The molecule has 0 saturated heterocycles. The summed E-state index contributed by atoms with van der Waals surface area (Å²) in [6.07, 6.45) is 0. The van der Waals surface area contributed by atoms with Crippen molar-refractivity contribution in [3.63, 3.8) is 0 Å². The van der Waals surface area contributed by atoms with E-state index in [-0.39, 0.29) is 16.3 Å². The van der Waals surface area contributed by atoms with Crippen LogP contribution in [0.4, 0.5) is 10.1 Å². The number of nitrogens with one attached hydrogen (secondary N) is 1. The number of halogens is 2. The van der Waals surface area contributed by atoms with Crippen molar-refractivity contribution in [3.05, 3.63) is 52.8 Å². The van der Waals surface area contributed by atoms with Gasteiger partial charge in [0.15, 0.2) is 0 Å². The zero-order chi connectivity index (χ0) is 14.8. The van der Waals surface area contributed by atoms with Crippen molar-refractivity contribution in [3.8, 4) is 5.75 Å². The fraction of sp³-hybridized carbons (Fsp3) is 0.0769. The minimum Gasteiger partial charge on any atom is -0.495 e. The van der Waals surface area contributed by atoms with E-state index in [1.54, 1.807) is 6.07 Å². The summed E-state index contributed by atoms with van der Waals surface area (Å²) in [5.41, 5.74) is 0.145. The van der Waals surface area contributed by atoms with Crippen molar-refractivity contribution in [2.45, 2.75) is 4.90 Å². The number of anilines is 1. The van der Waals surface area contributed by atoms with Crippen molar-refractivity contribution >= 4 is 31.6 Å². The molecule has 2 rings (SSSR count). The van der Waals surface area contributed by atoms with Crippen LogP contribution < -0.4 is 9.46 Å². The minimum absolute atomic E-state index is 0.0290. The van der Waals surface area contributed by atoms with Crippen molar-refractivity contribution in [2.24, 2.45) is 0 Å². The Hall–Kier alpha value is -1.60. The summed E-state index contributed by atoms with van der Waals surface area (Å²) in [4.78, 5) is -0.0290. The predicted molar refractivity (Wildman–Crippen MR) is 77.9 cm³/mol. The Morgan fingerprint density at radius 2 is 1.95 bits per heavy atom. The van der Waals surface area contributed by atoms with Gasteiger partial charge in [-0.15, -0.1) is 0 Å². The summed E-state index contributed by atoms with van der Waals surface area (Å²) in [7, 11) is -2.49. The summed E-state index contributed by atoms with van der Waals surface area (Å²) in [5.74, 6) is -0.316. The average molecular weight is 360 g/mol. The Labute approximate surface area is 124 Å². The predicted octanol–water partition coefficient (Wildman–Crippen LogP) is 3.40. The summed E-state index contributed by atoms with van der Waals surface area (Å²) in [6, 6.07) is 9.83. The van der Waals surface area contributed by atoms with Crippen molar-refractivity contribution in [2.75, 3.05) is 11.8 Å². The van der Waals surface area contributed by atoms with E-state index >= 15 is 0 Å². The highest BCUT2D eigenvalue weighted by molar-refractivity contribution is 9.10. The van der Waals surface area contributed by atoms with Gasteiger partial charge in [-0.05, 0) is 36.4 Å². The number of rotatable bonds is 4. The summed E-state index contributed by atoms with van der Waals surface area (Å²) < 4.78 is 45.6. The van der Waals surface area contributed by atoms with Crippen LogP contribution in [0.2, 0.25) is 0 Å². The molecule has 0 saturated carbocycles. The van der Waals surface area contributed by atoms with E-state index in [9.17, 15) is 12.8 Å². The first-order valence-electron chi connectivity index (χ1n) is 5.54. The lowest BCUT2D eigenvalue weighted by molar-refractivity contribution is 0.403. The maximum Gasteiger partial charge on any atom is 0.265 e. The van der Waals surface area contributed by atoms with Gasteiger partial charge in [-0.1, -0.05) is 22.0 Å². The second kappa shape index (κ2) is 5.80. The van der Waals surface area contributed by atoms with Gasteiger partial charge in [-0.3, -0.25) is 4.72 Å². The number of sulfonamides is 1. The molecular formula is C13H11BrFNO3S. The van der Waals surface area contributed by atoms with Crippen LogP contribution >= 0.6 is 15.9 Å². The normalized spacial score (nSPS) is 11.2. The second-order valence-corrected chi connectivity index (χ2v) is 6.48. The van der Waals surface area contributed by atoms with Gasteiger partial charge < -0.3 is 4.74 Å². The van der Waals surface area contributed by atoms with E-state index in [1.165, 1.54) is 37.4 Å². The molecule has 0 radical (unpaired) electrons. The van der Waals surface area contributed by atoms with E-state index in [2.05, 4.69) is 20.7 Å². The lowest BCUT2D eigenvalue weighted by atomic mass is 10.3. The average Bonchev–Trinajstić information content (AvgIpc) is 2.38. The van der Waals surface area contributed by atoms with E-state index in [1.807, 2.05) is 0 Å². The molecule has 20 heavy (non-hydrogen) atoms. The van der Waals surface area contributed by atoms with Gasteiger partial charge in [0.25, 0.3) is 10.0 Å². The zero-order valence-corrected chi connectivity index (χ0v) is 12.8. The Morgan fingerprint density at radius 3 is 2.60 bits per heavy atom. The maximum atomic E-state index is 13.1. The van der Waals surface area contributed by atoms with Gasteiger partial charge >= 0.3 is 0 Å². The van der Waals surface area contributed by atoms with Crippen LogP contribution in [0, 0.1) is 5.82 Å². The van der Waals surface area contributed by atoms with Crippen LogP contribution in [0.15, 0.2) is 51.8 Å². The minimum atomic E-state index is -3.87. The molecule has 0 atom stereocenters. The molecule has 0 heterocycles. The first kappa shape index (κ1) is 14.8. The molecule has 106 valence electrons. The van der Waals surface area contributed by atoms with E-state index in [0.29, 0.717) is 4.47 Å². The molecule has 2 aromatic carbocycles. The molecule has 2 aromatic rings. The smallest absolute Gasteiger partial charge is 0.265 e. The number of hydrogen-bond donors (Lipinski definition) is 1. The molecule has 0 spiro atoms. The van der Waals surface area contributed by atoms with E-state index in [4.69, 9.17) is 4.74 Å². The van der Waals surface area contributed by atoms with Gasteiger partial charge in [-0.25, -0.2) is 12.8 Å². The van der Waals surface area contributed by atoms with E-state index in [0.717, 1.165) is 6.07 Å². The summed E-state index contributed by atoms with van der Waals surface area (Å²) in [6.45, 7) is 0. The number of hydrogen-bond acceptors (Lipinski definition) is 3. The van der Waals surface area contributed by atoms with Crippen LogP contribution in [0.5, 0.6) is 5.75 Å².